The monoisotopic (exact) mass is 270 g/mol. The quantitative estimate of drug-likeness (QED) is 0.688. The molecule has 0 aliphatic heterocycles. The van der Waals surface area contributed by atoms with Crippen LogP contribution in [0.5, 0.6) is 0 Å². The van der Waals surface area contributed by atoms with Crippen LogP contribution in [0.3, 0.4) is 0 Å². The van der Waals surface area contributed by atoms with E-state index in [0.717, 1.165) is 0 Å². The minimum atomic E-state index is -0.153. The molecule has 4 heteroatoms. The second-order valence-corrected chi connectivity index (χ2v) is 4.52. The number of ketones is 1. The molecular formula is C15H11ClN2O. The standard InChI is InChI=1S/C15H11ClN2O/c16-14-6-5-12(18)8-13(14)15(19)7-10-3-1-2-4-11(10)9-17/h1-6,8H,7,18H2. The van der Waals surface area contributed by atoms with Crippen LogP contribution in [-0.2, 0) is 6.42 Å². The zero-order chi connectivity index (χ0) is 13.8. The summed E-state index contributed by atoms with van der Waals surface area (Å²) in [5, 5.41) is 9.36. The summed E-state index contributed by atoms with van der Waals surface area (Å²) in [6.07, 6.45) is 0.132. The van der Waals surface area contributed by atoms with Gasteiger partial charge < -0.3 is 5.73 Å². The molecule has 0 heterocycles. The fourth-order valence-corrected chi connectivity index (χ4v) is 2.03. The van der Waals surface area contributed by atoms with E-state index < -0.39 is 0 Å². The Morgan fingerprint density at radius 2 is 2.00 bits per heavy atom. The number of carbonyl (C=O) groups is 1. The Hall–Kier alpha value is -2.31. The maximum Gasteiger partial charge on any atom is 0.168 e. The Balaban J connectivity index is 2.31. The molecule has 0 bridgehead atoms. The number of hydrogen-bond donors (Lipinski definition) is 1. The largest absolute Gasteiger partial charge is 0.399 e. The molecule has 0 atom stereocenters. The van der Waals surface area contributed by atoms with Gasteiger partial charge in [-0.15, -0.1) is 0 Å². The van der Waals surface area contributed by atoms with E-state index >= 15 is 0 Å². The molecule has 0 radical (unpaired) electrons. The smallest absolute Gasteiger partial charge is 0.168 e. The molecule has 0 aliphatic carbocycles. The van der Waals surface area contributed by atoms with Crippen molar-refractivity contribution < 1.29 is 4.79 Å². The molecule has 0 fully saturated rings. The Bertz CT molecular complexity index is 674. The summed E-state index contributed by atoms with van der Waals surface area (Å²) in [6, 6.07) is 13.9. The lowest BCUT2D eigenvalue weighted by atomic mass is 9.99. The highest BCUT2D eigenvalue weighted by atomic mass is 35.5. The Morgan fingerprint density at radius 1 is 1.26 bits per heavy atom. The SMILES string of the molecule is N#Cc1ccccc1CC(=O)c1cc(N)ccc1Cl. The van der Waals surface area contributed by atoms with E-state index in [1.165, 1.54) is 0 Å². The molecule has 0 aliphatic rings. The summed E-state index contributed by atoms with van der Waals surface area (Å²) in [6.45, 7) is 0. The molecule has 2 rings (SSSR count). The van der Waals surface area contributed by atoms with E-state index in [1.54, 1.807) is 42.5 Å². The average Bonchev–Trinajstić information content (AvgIpc) is 2.42. The topological polar surface area (TPSA) is 66.9 Å². The van der Waals surface area contributed by atoms with Gasteiger partial charge in [-0.1, -0.05) is 29.8 Å². The lowest BCUT2D eigenvalue weighted by molar-refractivity contribution is 0.0993. The number of nitrogens with two attached hydrogens (primary N) is 1. The molecule has 94 valence electrons. The first-order valence-corrected chi connectivity index (χ1v) is 6.06. The minimum absolute atomic E-state index is 0.132. The average molecular weight is 271 g/mol. The van der Waals surface area contributed by atoms with Crippen molar-refractivity contribution in [1.82, 2.24) is 0 Å². The molecule has 2 aromatic rings. The summed E-state index contributed by atoms with van der Waals surface area (Å²) in [7, 11) is 0. The van der Waals surface area contributed by atoms with Gasteiger partial charge in [-0.05, 0) is 29.8 Å². The molecule has 0 saturated carbocycles. The number of hydrogen-bond acceptors (Lipinski definition) is 3. The van der Waals surface area contributed by atoms with Gasteiger partial charge in [0.2, 0.25) is 0 Å². The highest BCUT2D eigenvalue weighted by Gasteiger charge is 2.13. The van der Waals surface area contributed by atoms with Crippen LogP contribution in [0, 0.1) is 11.3 Å². The van der Waals surface area contributed by atoms with Crippen LogP contribution in [-0.4, -0.2) is 5.78 Å². The highest BCUT2D eigenvalue weighted by Crippen LogP contribution is 2.21. The Kier molecular flexibility index (Phi) is 3.84. The van der Waals surface area contributed by atoms with Crippen LogP contribution in [0.4, 0.5) is 5.69 Å². The van der Waals surface area contributed by atoms with E-state index in [0.29, 0.717) is 27.4 Å². The highest BCUT2D eigenvalue weighted by molar-refractivity contribution is 6.34. The van der Waals surface area contributed by atoms with Gasteiger partial charge in [-0.3, -0.25) is 4.79 Å². The summed E-state index contributed by atoms with van der Waals surface area (Å²) in [5.41, 5.74) is 7.71. The molecule has 3 nitrogen and oxygen atoms in total. The van der Waals surface area contributed by atoms with Gasteiger partial charge in [0.05, 0.1) is 16.7 Å². The number of halogens is 1. The maximum absolute atomic E-state index is 12.2. The summed E-state index contributed by atoms with van der Waals surface area (Å²) < 4.78 is 0. The number of rotatable bonds is 3. The lowest BCUT2D eigenvalue weighted by Crippen LogP contribution is -2.06. The molecule has 0 unspecified atom stereocenters. The number of Topliss-reactive ketones (excluding diaryl/α,β-unsaturated/α-hetero) is 1. The van der Waals surface area contributed by atoms with E-state index in [9.17, 15) is 4.79 Å². The number of nitrogen functional groups attached to an aromatic ring is 1. The zero-order valence-corrected chi connectivity index (χ0v) is 10.8. The minimum Gasteiger partial charge on any atom is -0.399 e. The second-order valence-electron chi connectivity index (χ2n) is 4.11. The third-order valence-corrected chi connectivity index (χ3v) is 3.11. The molecule has 0 aromatic heterocycles. The summed E-state index contributed by atoms with van der Waals surface area (Å²) >= 11 is 5.99. The molecular weight excluding hydrogens is 260 g/mol. The first-order valence-electron chi connectivity index (χ1n) is 5.68. The molecule has 19 heavy (non-hydrogen) atoms. The summed E-state index contributed by atoms with van der Waals surface area (Å²) in [4.78, 5) is 12.2. The third kappa shape index (κ3) is 2.93. The van der Waals surface area contributed by atoms with Crippen molar-refractivity contribution in [1.29, 1.82) is 5.26 Å². The maximum atomic E-state index is 12.2. The van der Waals surface area contributed by atoms with Crippen molar-refractivity contribution >= 4 is 23.1 Å². The van der Waals surface area contributed by atoms with Crippen LogP contribution in [0.2, 0.25) is 5.02 Å². The van der Waals surface area contributed by atoms with Crippen LogP contribution in [0.15, 0.2) is 42.5 Å². The molecule has 0 saturated heterocycles. The number of anilines is 1. The zero-order valence-electron chi connectivity index (χ0n) is 10.1. The molecule has 2 N–H and O–H groups in total. The fraction of sp³-hybridized carbons (Fsp3) is 0.0667. The molecule has 0 spiro atoms. The number of benzene rings is 2. The first-order chi connectivity index (χ1) is 9.11. The lowest BCUT2D eigenvalue weighted by Gasteiger charge is -2.06. The van der Waals surface area contributed by atoms with Crippen LogP contribution >= 0.6 is 11.6 Å². The van der Waals surface area contributed by atoms with Crippen LogP contribution < -0.4 is 5.73 Å². The molecule has 0 amide bonds. The van der Waals surface area contributed by atoms with Gasteiger partial charge in [0.15, 0.2) is 5.78 Å². The van der Waals surface area contributed by atoms with E-state index in [2.05, 4.69) is 6.07 Å². The predicted octanol–water partition coefficient (Wildman–Crippen LogP) is 3.22. The van der Waals surface area contributed by atoms with Gasteiger partial charge in [0, 0.05) is 17.7 Å². The van der Waals surface area contributed by atoms with E-state index in [1.807, 2.05) is 0 Å². The Labute approximate surface area is 116 Å². The van der Waals surface area contributed by atoms with E-state index in [4.69, 9.17) is 22.6 Å². The summed E-state index contributed by atoms with van der Waals surface area (Å²) in [5.74, 6) is -0.153. The predicted molar refractivity (Wildman–Crippen MR) is 75.1 cm³/mol. The van der Waals surface area contributed by atoms with Gasteiger partial charge in [0.25, 0.3) is 0 Å². The van der Waals surface area contributed by atoms with E-state index in [-0.39, 0.29) is 12.2 Å². The van der Waals surface area contributed by atoms with Crippen LogP contribution in [0.1, 0.15) is 21.5 Å². The third-order valence-electron chi connectivity index (χ3n) is 2.78. The van der Waals surface area contributed by atoms with Crippen LogP contribution in [0.25, 0.3) is 0 Å². The van der Waals surface area contributed by atoms with Crippen molar-refractivity contribution in [2.24, 2.45) is 0 Å². The number of nitrogens with zero attached hydrogens (tertiary/aromatic N) is 1. The van der Waals surface area contributed by atoms with Gasteiger partial charge >= 0.3 is 0 Å². The fourth-order valence-electron chi connectivity index (χ4n) is 1.81. The Morgan fingerprint density at radius 3 is 2.74 bits per heavy atom. The van der Waals surface area contributed by atoms with Gasteiger partial charge in [-0.25, -0.2) is 0 Å². The van der Waals surface area contributed by atoms with Crippen molar-refractivity contribution in [3.63, 3.8) is 0 Å². The number of carbonyl (C=O) groups excluding carboxylic acids is 1. The second kappa shape index (κ2) is 5.55. The van der Waals surface area contributed by atoms with Crippen molar-refractivity contribution in [2.75, 3.05) is 5.73 Å². The number of nitriles is 1. The van der Waals surface area contributed by atoms with Gasteiger partial charge in [0.1, 0.15) is 0 Å². The van der Waals surface area contributed by atoms with Crippen molar-refractivity contribution in [3.05, 3.63) is 64.2 Å². The van der Waals surface area contributed by atoms with Crippen molar-refractivity contribution in [2.45, 2.75) is 6.42 Å². The van der Waals surface area contributed by atoms with Gasteiger partial charge in [-0.2, -0.15) is 5.26 Å². The van der Waals surface area contributed by atoms with Crippen molar-refractivity contribution in [3.8, 4) is 6.07 Å². The normalized spacial score (nSPS) is 9.89. The first kappa shape index (κ1) is 13.1. The molecule has 2 aromatic carbocycles.